The van der Waals surface area contributed by atoms with E-state index in [0.717, 1.165) is 12.8 Å². The summed E-state index contributed by atoms with van der Waals surface area (Å²) in [5.74, 6) is 0.982. The van der Waals surface area contributed by atoms with E-state index in [9.17, 15) is 9.59 Å². The van der Waals surface area contributed by atoms with Gasteiger partial charge in [-0.3, -0.25) is 9.79 Å². The van der Waals surface area contributed by atoms with Gasteiger partial charge in [0.15, 0.2) is 0 Å². The van der Waals surface area contributed by atoms with E-state index in [4.69, 9.17) is 19.7 Å². The monoisotopic (exact) mass is 438 g/mol. The number of rotatable bonds is 11. The molecule has 1 amide bonds. The number of ether oxygens (including phenoxy) is 1. The molecule has 1 aromatic rings. The van der Waals surface area contributed by atoms with Gasteiger partial charge in [-0.25, -0.2) is 4.79 Å². The first-order valence-corrected chi connectivity index (χ1v) is 10.9. The van der Waals surface area contributed by atoms with Crippen LogP contribution in [0.5, 0.6) is 5.75 Å². The van der Waals surface area contributed by atoms with Gasteiger partial charge < -0.3 is 25.0 Å². The zero-order valence-corrected chi connectivity index (χ0v) is 18.7. The molecule has 0 saturated heterocycles. The smallest absolute Gasteiger partial charge is 0.339 e. The average molecular weight is 439 g/mol. The summed E-state index contributed by atoms with van der Waals surface area (Å²) < 4.78 is 10.5. The van der Waals surface area contributed by atoms with Gasteiger partial charge in [0.1, 0.15) is 34.4 Å². The molecular weight excluding hydrogens is 408 g/mol. The standard InChI is InChI=1S/C20H30N4O5S/c1-5-7-15(16-10-14(27-4)11-17(25)29-16)22-19(26)20(3)12-30-18(23-20)13(2)24-28-9-6-8-21/h10-11,15H,5-9,12,21H2,1-4H3,(H,22,26)/b24-13+/t15-,20?/m1/s1. The fraction of sp³-hybridized carbons (Fsp3) is 0.600. The van der Waals surface area contributed by atoms with Crippen LogP contribution >= 0.6 is 11.8 Å². The lowest BCUT2D eigenvalue weighted by atomic mass is 10.0. The topological polar surface area (TPSA) is 129 Å². The zero-order chi connectivity index (χ0) is 22.1. The van der Waals surface area contributed by atoms with Gasteiger partial charge in [0.2, 0.25) is 5.91 Å². The molecule has 0 bridgehead atoms. The van der Waals surface area contributed by atoms with E-state index >= 15 is 0 Å². The molecule has 9 nitrogen and oxygen atoms in total. The van der Waals surface area contributed by atoms with Gasteiger partial charge in [-0.2, -0.15) is 0 Å². The number of hydrogen-bond donors (Lipinski definition) is 2. The molecule has 3 N–H and O–H groups in total. The Bertz CT molecular complexity index is 854. The lowest BCUT2D eigenvalue weighted by Crippen LogP contribution is -2.45. The molecule has 2 heterocycles. The maximum absolute atomic E-state index is 13.1. The van der Waals surface area contributed by atoms with Crippen molar-refractivity contribution in [2.24, 2.45) is 15.9 Å². The van der Waals surface area contributed by atoms with Crippen LogP contribution in [0, 0.1) is 0 Å². The van der Waals surface area contributed by atoms with Crippen molar-refractivity contribution in [1.29, 1.82) is 0 Å². The summed E-state index contributed by atoms with van der Waals surface area (Å²) in [4.78, 5) is 34.7. The van der Waals surface area contributed by atoms with E-state index in [1.807, 2.05) is 6.92 Å². The number of carbonyl (C=O) groups excluding carboxylic acids is 1. The molecule has 1 aliphatic rings. The van der Waals surface area contributed by atoms with Crippen LogP contribution in [0.15, 0.2) is 31.5 Å². The third kappa shape index (κ3) is 6.33. The van der Waals surface area contributed by atoms with Crippen molar-refractivity contribution < 1.29 is 18.8 Å². The zero-order valence-electron chi connectivity index (χ0n) is 17.9. The van der Waals surface area contributed by atoms with Crippen molar-refractivity contribution in [2.75, 3.05) is 26.0 Å². The third-order valence-electron chi connectivity index (χ3n) is 4.50. The Morgan fingerprint density at radius 2 is 2.27 bits per heavy atom. The van der Waals surface area contributed by atoms with E-state index in [-0.39, 0.29) is 5.91 Å². The minimum atomic E-state index is -0.959. The number of carbonyl (C=O) groups is 1. The van der Waals surface area contributed by atoms with E-state index in [2.05, 4.69) is 15.5 Å². The van der Waals surface area contributed by atoms with Crippen LogP contribution in [0.3, 0.4) is 0 Å². The number of aliphatic imine (C=N–C) groups is 1. The molecule has 0 aliphatic carbocycles. The van der Waals surface area contributed by atoms with Crippen molar-refractivity contribution in [3.05, 3.63) is 28.3 Å². The number of amides is 1. The number of nitrogens with zero attached hydrogens (tertiary/aromatic N) is 2. The van der Waals surface area contributed by atoms with E-state index < -0.39 is 17.2 Å². The van der Waals surface area contributed by atoms with Crippen LogP contribution in [0.25, 0.3) is 0 Å². The molecule has 2 rings (SSSR count). The Kier molecular flexibility index (Phi) is 8.91. The predicted octanol–water partition coefficient (Wildman–Crippen LogP) is 2.25. The van der Waals surface area contributed by atoms with Crippen molar-refractivity contribution in [1.82, 2.24) is 5.32 Å². The Morgan fingerprint density at radius 3 is 2.93 bits per heavy atom. The van der Waals surface area contributed by atoms with Gasteiger partial charge in [0.25, 0.3) is 0 Å². The first-order chi connectivity index (χ1) is 14.3. The number of methoxy groups -OCH3 is 1. The summed E-state index contributed by atoms with van der Waals surface area (Å²) in [6.07, 6.45) is 2.12. The lowest BCUT2D eigenvalue weighted by molar-refractivity contribution is -0.125. The predicted molar refractivity (Wildman–Crippen MR) is 118 cm³/mol. The number of oxime groups is 1. The number of thioether (sulfide) groups is 1. The lowest BCUT2D eigenvalue weighted by Gasteiger charge is -2.24. The van der Waals surface area contributed by atoms with Gasteiger partial charge in [-0.05, 0) is 33.2 Å². The summed E-state index contributed by atoms with van der Waals surface area (Å²) in [5.41, 5.74) is 4.57. The number of nitrogens with one attached hydrogen (secondary N) is 1. The minimum absolute atomic E-state index is 0.245. The molecule has 1 aromatic heterocycles. The largest absolute Gasteiger partial charge is 0.496 e. The van der Waals surface area contributed by atoms with Crippen molar-refractivity contribution in [2.45, 2.75) is 51.6 Å². The van der Waals surface area contributed by atoms with E-state index in [1.54, 1.807) is 19.9 Å². The highest BCUT2D eigenvalue weighted by molar-refractivity contribution is 8.16. The molecule has 166 valence electrons. The van der Waals surface area contributed by atoms with Crippen LogP contribution in [0.4, 0.5) is 0 Å². The molecule has 0 saturated carbocycles. The van der Waals surface area contributed by atoms with Crippen LogP contribution in [0.2, 0.25) is 0 Å². The molecule has 0 aromatic carbocycles. The normalized spacial score (nSPS) is 19.9. The summed E-state index contributed by atoms with van der Waals surface area (Å²) in [7, 11) is 1.47. The van der Waals surface area contributed by atoms with Gasteiger partial charge in [-0.15, -0.1) is 11.8 Å². The maximum atomic E-state index is 13.1. The number of hydrogen-bond acceptors (Lipinski definition) is 9. The molecule has 30 heavy (non-hydrogen) atoms. The molecule has 0 spiro atoms. The van der Waals surface area contributed by atoms with Crippen LogP contribution < -0.4 is 21.4 Å². The quantitative estimate of drug-likeness (QED) is 0.308. The second-order valence-corrected chi connectivity index (χ2v) is 8.13. The fourth-order valence-electron chi connectivity index (χ4n) is 2.78. The molecular formula is C20H30N4O5S. The summed E-state index contributed by atoms with van der Waals surface area (Å²) >= 11 is 1.45. The molecule has 2 atom stereocenters. The SMILES string of the molecule is CCC[C@@H](NC(=O)C1(C)CSC(/C(C)=N/OCCCN)=N1)c1cc(OC)cc(=O)o1. The third-order valence-corrected chi connectivity index (χ3v) is 5.87. The second kappa shape index (κ2) is 11.2. The first-order valence-electron chi connectivity index (χ1n) is 9.92. The van der Waals surface area contributed by atoms with Crippen molar-refractivity contribution in [3.63, 3.8) is 0 Å². The first kappa shape index (κ1) is 23.9. The summed E-state index contributed by atoms with van der Waals surface area (Å²) in [6, 6.07) is 2.43. The van der Waals surface area contributed by atoms with E-state index in [0.29, 0.717) is 47.6 Å². The van der Waals surface area contributed by atoms with E-state index in [1.165, 1.54) is 24.9 Å². The molecule has 10 heteroatoms. The molecule has 0 radical (unpaired) electrons. The molecule has 1 aliphatic heterocycles. The van der Waals surface area contributed by atoms with Gasteiger partial charge in [0.05, 0.1) is 19.2 Å². The summed E-state index contributed by atoms with van der Waals surface area (Å²) in [5, 5.41) is 7.70. The Balaban J connectivity index is 2.14. The minimum Gasteiger partial charge on any atom is -0.496 e. The highest BCUT2D eigenvalue weighted by Gasteiger charge is 2.40. The second-order valence-electron chi connectivity index (χ2n) is 7.16. The van der Waals surface area contributed by atoms with Crippen molar-refractivity contribution >= 4 is 28.4 Å². The molecule has 1 unspecified atom stereocenters. The fourth-order valence-corrected chi connectivity index (χ4v) is 3.90. The Hall–Kier alpha value is -2.33. The van der Waals surface area contributed by atoms with Crippen molar-refractivity contribution in [3.8, 4) is 5.75 Å². The van der Waals surface area contributed by atoms with Gasteiger partial charge in [0, 0.05) is 11.8 Å². The highest BCUT2D eigenvalue weighted by Crippen LogP contribution is 2.30. The van der Waals surface area contributed by atoms with Crippen LogP contribution in [-0.2, 0) is 9.63 Å². The van der Waals surface area contributed by atoms with Gasteiger partial charge >= 0.3 is 5.63 Å². The highest BCUT2D eigenvalue weighted by atomic mass is 32.2. The molecule has 0 fully saturated rings. The Labute approximate surface area is 180 Å². The van der Waals surface area contributed by atoms with Crippen LogP contribution in [-0.4, -0.2) is 48.2 Å². The van der Waals surface area contributed by atoms with Crippen LogP contribution in [0.1, 0.15) is 51.8 Å². The average Bonchev–Trinajstić information content (AvgIpc) is 3.14. The Morgan fingerprint density at radius 1 is 1.50 bits per heavy atom. The van der Waals surface area contributed by atoms with Gasteiger partial charge in [-0.1, -0.05) is 18.5 Å². The maximum Gasteiger partial charge on any atom is 0.339 e. The number of nitrogens with two attached hydrogens (primary N) is 1. The summed E-state index contributed by atoms with van der Waals surface area (Å²) in [6.45, 7) is 6.53.